The lowest BCUT2D eigenvalue weighted by molar-refractivity contribution is 0.394. The van der Waals surface area contributed by atoms with Crippen LogP contribution in [-0.2, 0) is 0 Å². The molecule has 0 saturated carbocycles. The summed E-state index contributed by atoms with van der Waals surface area (Å²) < 4.78 is 0. The summed E-state index contributed by atoms with van der Waals surface area (Å²) in [5.41, 5.74) is 5.63. The fraction of sp³-hybridized carbons (Fsp3) is 0.667. The molecule has 0 spiro atoms. The maximum atomic E-state index is 6.16. The number of piperidine rings is 1. The Labute approximate surface area is 131 Å². The molecule has 0 amide bonds. The van der Waals surface area contributed by atoms with Crippen molar-refractivity contribution in [2.45, 2.75) is 26.2 Å². The summed E-state index contributed by atoms with van der Waals surface area (Å²) in [6, 6.07) is 0. The van der Waals surface area contributed by atoms with E-state index < -0.39 is 0 Å². The third kappa shape index (κ3) is 4.95. The molecule has 1 fully saturated rings. The van der Waals surface area contributed by atoms with Crippen molar-refractivity contribution in [2.75, 3.05) is 24.5 Å². The lowest BCUT2D eigenvalue weighted by atomic mass is 9.95. The van der Waals surface area contributed by atoms with Gasteiger partial charge in [0.1, 0.15) is 10.8 Å². The number of anilines is 1. The van der Waals surface area contributed by atoms with E-state index in [1.54, 1.807) is 6.20 Å². The molecule has 1 atom stereocenters. The van der Waals surface area contributed by atoms with Crippen LogP contribution in [0.4, 0.5) is 5.82 Å². The second-order valence-corrected chi connectivity index (χ2v) is 5.03. The Morgan fingerprint density at radius 2 is 2.21 bits per heavy atom. The van der Waals surface area contributed by atoms with E-state index >= 15 is 0 Å². The highest BCUT2D eigenvalue weighted by atomic mass is 35.5. The average molecular weight is 328 g/mol. The molecule has 1 aromatic heterocycles. The predicted octanol–water partition coefficient (Wildman–Crippen LogP) is 2.85. The van der Waals surface area contributed by atoms with E-state index in [9.17, 15) is 0 Å². The van der Waals surface area contributed by atoms with Crippen molar-refractivity contribution in [3.63, 3.8) is 0 Å². The van der Waals surface area contributed by atoms with Gasteiger partial charge in [0.2, 0.25) is 0 Å². The third-order valence-corrected chi connectivity index (χ3v) is 3.51. The van der Waals surface area contributed by atoms with Crippen molar-refractivity contribution in [3.8, 4) is 0 Å². The molecule has 1 saturated heterocycles. The zero-order valence-electron chi connectivity index (χ0n) is 11.0. The van der Waals surface area contributed by atoms with Gasteiger partial charge in [-0.05, 0) is 38.6 Å². The SMILES string of the molecule is Cc1ncc(Cl)c(N2CCCC(CCN)C2)n1.Cl.Cl. The van der Waals surface area contributed by atoms with Gasteiger partial charge in [0, 0.05) is 13.1 Å². The largest absolute Gasteiger partial charge is 0.355 e. The molecule has 1 aromatic rings. The van der Waals surface area contributed by atoms with Crippen molar-refractivity contribution >= 4 is 42.2 Å². The van der Waals surface area contributed by atoms with E-state index in [1.807, 2.05) is 6.92 Å². The topological polar surface area (TPSA) is 55.0 Å². The van der Waals surface area contributed by atoms with Crippen LogP contribution in [0.25, 0.3) is 0 Å². The van der Waals surface area contributed by atoms with Crippen LogP contribution < -0.4 is 10.6 Å². The average Bonchev–Trinajstić information content (AvgIpc) is 2.33. The van der Waals surface area contributed by atoms with Gasteiger partial charge in [-0.1, -0.05) is 11.6 Å². The van der Waals surface area contributed by atoms with Gasteiger partial charge in [-0.25, -0.2) is 9.97 Å². The third-order valence-electron chi connectivity index (χ3n) is 3.24. The molecule has 0 aromatic carbocycles. The van der Waals surface area contributed by atoms with Crippen LogP contribution in [0.15, 0.2) is 6.20 Å². The van der Waals surface area contributed by atoms with Crippen LogP contribution >= 0.6 is 36.4 Å². The summed E-state index contributed by atoms with van der Waals surface area (Å²) in [6.07, 6.45) is 5.21. The fourth-order valence-corrected chi connectivity index (χ4v) is 2.60. The first-order chi connectivity index (χ1) is 8.20. The summed E-state index contributed by atoms with van der Waals surface area (Å²) in [5, 5.41) is 0.643. The minimum absolute atomic E-state index is 0. The lowest BCUT2D eigenvalue weighted by Crippen LogP contribution is -2.37. The Kier molecular flexibility index (Phi) is 8.66. The molecule has 0 aliphatic carbocycles. The van der Waals surface area contributed by atoms with E-state index in [0.717, 1.165) is 37.7 Å². The zero-order chi connectivity index (χ0) is 12.3. The summed E-state index contributed by atoms with van der Waals surface area (Å²) in [4.78, 5) is 10.8. The maximum absolute atomic E-state index is 6.16. The van der Waals surface area contributed by atoms with Crippen molar-refractivity contribution in [1.29, 1.82) is 0 Å². The smallest absolute Gasteiger partial charge is 0.151 e. The number of halogens is 3. The normalized spacial score (nSPS) is 18.5. The number of nitrogens with two attached hydrogens (primary N) is 1. The van der Waals surface area contributed by atoms with Crippen LogP contribution in [0.3, 0.4) is 0 Å². The van der Waals surface area contributed by atoms with Gasteiger partial charge in [0.15, 0.2) is 5.82 Å². The molecule has 1 aliphatic heterocycles. The van der Waals surface area contributed by atoms with Gasteiger partial charge >= 0.3 is 0 Å². The molecule has 7 heteroatoms. The fourth-order valence-electron chi connectivity index (χ4n) is 2.39. The molecule has 0 bridgehead atoms. The van der Waals surface area contributed by atoms with Crippen LogP contribution in [-0.4, -0.2) is 29.6 Å². The van der Waals surface area contributed by atoms with Crippen molar-refractivity contribution < 1.29 is 0 Å². The molecule has 2 heterocycles. The number of hydrogen-bond acceptors (Lipinski definition) is 4. The Bertz CT molecular complexity index is 387. The highest BCUT2D eigenvalue weighted by molar-refractivity contribution is 6.32. The van der Waals surface area contributed by atoms with Crippen LogP contribution in [0.5, 0.6) is 0 Å². The number of aromatic nitrogens is 2. The molecule has 110 valence electrons. The van der Waals surface area contributed by atoms with E-state index in [4.69, 9.17) is 17.3 Å². The Morgan fingerprint density at radius 3 is 2.89 bits per heavy atom. The first-order valence-electron chi connectivity index (χ1n) is 6.15. The molecular weight excluding hydrogens is 307 g/mol. The van der Waals surface area contributed by atoms with Crippen molar-refractivity contribution in [1.82, 2.24) is 9.97 Å². The second-order valence-electron chi connectivity index (χ2n) is 4.62. The zero-order valence-corrected chi connectivity index (χ0v) is 13.4. The number of rotatable bonds is 3. The van der Waals surface area contributed by atoms with Gasteiger partial charge in [-0.3, -0.25) is 0 Å². The van der Waals surface area contributed by atoms with Crippen LogP contribution in [0.2, 0.25) is 5.02 Å². The second kappa shape index (κ2) is 8.80. The first kappa shape index (κ1) is 18.7. The monoisotopic (exact) mass is 326 g/mol. The molecule has 4 nitrogen and oxygen atoms in total. The Morgan fingerprint density at radius 1 is 1.47 bits per heavy atom. The van der Waals surface area contributed by atoms with Crippen molar-refractivity contribution in [3.05, 3.63) is 17.0 Å². The van der Waals surface area contributed by atoms with Gasteiger partial charge in [0.05, 0.1) is 6.20 Å². The molecule has 1 unspecified atom stereocenters. The molecular formula is C12H21Cl3N4. The minimum atomic E-state index is 0. The molecule has 2 rings (SSSR count). The van der Waals surface area contributed by atoms with Crippen LogP contribution in [0, 0.1) is 12.8 Å². The summed E-state index contributed by atoms with van der Waals surface area (Å²) in [6.45, 7) is 4.68. The van der Waals surface area contributed by atoms with E-state index in [-0.39, 0.29) is 24.8 Å². The van der Waals surface area contributed by atoms with E-state index in [1.165, 1.54) is 12.8 Å². The van der Waals surface area contributed by atoms with E-state index in [2.05, 4.69) is 14.9 Å². The summed E-state index contributed by atoms with van der Waals surface area (Å²) in [7, 11) is 0. The standard InChI is InChI=1S/C12H19ClN4.2ClH/c1-9-15-7-11(13)12(16-9)17-6-2-3-10(8-17)4-5-14;;/h7,10H,2-6,8,14H2,1H3;2*1H. The lowest BCUT2D eigenvalue weighted by Gasteiger charge is -2.33. The predicted molar refractivity (Wildman–Crippen MR) is 84.9 cm³/mol. The molecule has 0 radical (unpaired) electrons. The molecule has 2 N–H and O–H groups in total. The quantitative estimate of drug-likeness (QED) is 0.927. The number of aryl methyl sites for hydroxylation is 1. The first-order valence-corrected chi connectivity index (χ1v) is 6.52. The summed E-state index contributed by atoms with van der Waals surface area (Å²) in [5.74, 6) is 2.31. The number of nitrogens with zero attached hydrogens (tertiary/aromatic N) is 3. The highest BCUT2D eigenvalue weighted by Gasteiger charge is 2.22. The van der Waals surface area contributed by atoms with Gasteiger partial charge < -0.3 is 10.6 Å². The van der Waals surface area contributed by atoms with Gasteiger partial charge in [-0.15, -0.1) is 24.8 Å². The summed E-state index contributed by atoms with van der Waals surface area (Å²) >= 11 is 6.16. The van der Waals surface area contributed by atoms with E-state index in [0.29, 0.717) is 10.9 Å². The Balaban J connectivity index is 0.00000162. The van der Waals surface area contributed by atoms with Gasteiger partial charge in [0.25, 0.3) is 0 Å². The van der Waals surface area contributed by atoms with Crippen LogP contribution in [0.1, 0.15) is 25.1 Å². The highest BCUT2D eigenvalue weighted by Crippen LogP contribution is 2.28. The van der Waals surface area contributed by atoms with Gasteiger partial charge in [-0.2, -0.15) is 0 Å². The maximum Gasteiger partial charge on any atom is 0.151 e. The Hall–Kier alpha value is -0.290. The minimum Gasteiger partial charge on any atom is -0.355 e. The molecule has 1 aliphatic rings. The van der Waals surface area contributed by atoms with Crippen molar-refractivity contribution in [2.24, 2.45) is 11.7 Å². The number of hydrogen-bond donors (Lipinski definition) is 1. The molecule has 19 heavy (non-hydrogen) atoms.